The highest BCUT2D eigenvalue weighted by molar-refractivity contribution is 5.94. The number of ether oxygens (including phenoxy) is 2. The van der Waals surface area contributed by atoms with Crippen LogP contribution in [0.15, 0.2) is 36.4 Å². The summed E-state index contributed by atoms with van der Waals surface area (Å²) in [7, 11) is 1.58. The molecule has 43 heavy (non-hydrogen) atoms. The van der Waals surface area contributed by atoms with Gasteiger partial charge < -0.3 is 20.1 Å². The molecule has 11 nitrogen and oxygen atoms in total. The second-order valence-electron chi connectivity index (χ2n) is 12.0. The number of hydrazine groups is 1. The van der Waals surface area contributed by atoms with Crippen LogP contribution in [0, 0.1) is 11.3 Å². The highest BCUT2D eigenvalue weighted by Crippen LogP contribution is 2.28. The molecule has 1 aromatic carbocycles. The fourth-order valence-electron chi connectivity index (χ4n) is 5.22. The van der Waals surface area contributed by atoms with Gasteiger partial charge in [-0.25, -0.2) is 10.4 Å². The number of esters is 1. The molecule has 0 aliphatic carbocycles. The van der Waals surface area contributed by atoms with Gasteiger partial charge in [0.2, 0.25) is 11.8 Å². The molecule has 5 bridgehead atoms. The van der Waals surface area contributed by atoms with Gasteiger partial charge in [-0.05, 0) is 63.6 Å². The van der Waals surface area contributed by atoms with E-state index in [4.69, 9.17) is 14.5 Å². The van der Waals surface area contributed by atoms with E-state index in [1.54, 1.807) is 27.9 Å². The second-order valence-corrected chi connectivity index (χ2v) is 12.0. The van der Waals surface area contributed by atoms with Crippen molar-refractivity contribution in [1.29, 1.82) is 0 Å². The summed E-state index contributed by atoms with van der Waals surface area (Å²) in [5.74, 6) is -1.92. The smallest absolute Gasteiger partial charge is 0.325 e. The van der Waals surface area contributed by atoms with Crippen molar-refractivity contribution in [2.24, 2.45) is 11.3 Å². The van der Waals surface area contributed by atoms with E-state index in [-0.39, 0.29) is 11.8 Å². The molecule has 11 heteroatoms. The average molecular weight is 594 g/mol. The molecule has 0 spiro atoms. The Morgan fingerprint density at radius 1 is 1.12 bits per heavy atom. The van der Waals surface area contributed by atoms with E-state index in [0.29, 0.717) is 38.1 Å². The Kier molecular flexibility index (Phi) is 10.2. The first kappa shape index (κ1) is 32.1. The summed E-state index contributed by atoms with van der Waals surface area (Å²) in [6.45, 7) is 9.53. The van der Waals surface area contributed by atoms with Crippen LogP contribution in [-0.4, -0.2) is 72.1 Å². The number of carbonyl (C=O) groups excluding carboxylic acids is 4. The number of pyridine rings is 1. The summed E-state index contributed by atoms with van der Waals surface area (Å²) in [6, 6.07) is 7.06. The monoisotopic (exact) mass is 593 g/mol. The zero-order valence-corrected chi connectivity index (χ0v) is 25.8. The molecule has 1 unspecified atom stereocenters. The van der Waals surface area contributed by atoms with Crippen molar-refractivity contribution in [3.05, 3.63) is 47.7 Å². The SMILES string of the molecule is COCCC1(C)/C=C/c2ccc3ccc(nc3c2)[C@@H](C)OC(=O)[C@@H]2CCCN(N2)C(=O)[C@H](C)NC(=O)[C@H](C(C)C)NC1=O. The topological polar surface area (TPSA) is 139 Å². The number of aromatic nitrogens is 1. The van der Waals surface area contributed by atoms with Gasteiger partial charge in [-0.2, -0.15) is 0 Å². The number of amides is 3. The third-order valence-corrected chi connectivity index (χ3v) is 8.14. The van der Waals surface area contributed by atoms with E-state index in [9.17, 15) is 19.2 Å². The number of methoxy groups -OCH3 is 1. The fourth-order valence-corrected chi connectivity index (χ4v) is 5.22. The largest absolute Gasteiger partial charge is 0.455 e. The van der Waals surface area contributed by atoms with E-state index >= 15 is 0 Å². The molecule has 0 saturated carbocycles. The maximum atomic E-state index is 13.7. The molecule has 232 valence electrons. The molecule has 2 aromatic rings. The van der Waals surface area contributed by atoms with Crippen LogP contribution in [0.2, 0.25) is 0 Å². The Morgan fingerprint density at radius 2 is 1.86 bits per heavy atom. The molecule has 2 aliphatic heterocycles. The van der Waals surface area contributed by atoms with Crippen LogP contribution in [0.5, 0.6) is 0 Å². The van der Waals surface area contributed by atoms with Crippen molar-refractivity contribution >= 4 is 40.7 Å². The lowest BCUT2D eigenvalue weighted by Crippen LogP contribution is -2.61. The van der Waals surface area contributed by atoms with Crippen LogP contribution in [0.3, 0.4) is 0 Å². The summed E-state index contributed by atoms with van der Waals surface area (Å²) in [6.07, 6.45) is 4.53. The standard InChI is InChI=1S/C32H43N5O6/c1-19(2)27-28(38)33-20(3)29(39)37-16-7-8-25(36-37)30(40)43-21(4)24-12-11-23-10-9-22(18-26(23)34-24)13-14-32(5,15-17-42-6)31(41)35-27/h9-14,18-21,25,27,36H,7-8,15-17H2,1-6H3,(H,33,38)(H,35,41)/b14-13+/t20-,21+,25-,27-,32?/m0/s1. The Bertz CT molecular complexity index is 1390. The molecule has 1 aromatic heterocycles. The zero-order valence-electron chi connectivity index (χ0n) is 25.8. The van der Waals surface area contributed by atoms with Crippen molar-refractivity contribution in [3.63, 3.8) is 0 Å². The molecule has 3 N–H and O–H groups in total. The van der Waals surface area contributed by atoms with E-state index < -0.39 is 47.4 Å². The van der Waals surface area contributed by atoms with Gasteiger partial charge in [0, 0.05) is 25.6 Å². The predicted molar refractivity (Wildman–Crippen MR) is 162 cm³/mol. The Hall–Kier alpha value is -3.83. The molecule has 4 rings (SSSR count). The van der Waals surface area contributed by atoms with Crippen LogP contribution in [-0.2, 0) is 28.7 Å². The van der Waals surface area contributed by atoms with Gasteiger partial charge in [-0.1, -0.05) is 44.2 Å². The van der Waals surface area contributed by atoms with E-state index in [0.717, 1.165) is 16.5 Å². The summed E-state index contributed by atoms with van der Waals surface area (Å²) in [5.41, 5.74) is 4.13. The van der Waals surface area contributed by atoms with Crippen molar-refractivity contribution in [3.8, 4) is 0 Å². The maximum absolute atomic E-state index is 13.7. The third-order valence-electron chi connectivity index (χ3n) is 8.14. The number of fused-ring (bicyclic) bond motifs is 4. The Balaban J connectivity index is 1.74. The molecular formula is C32H43N5O6. The Morgan fingerprint density at radius 3 is 2.58 bits per heavy atom. The maximum Gasteiger partial charge on any atom is 0.325 e. The first-order valence-electron chi connectivity index (χ1n) is 14.9. The number of nitrogens with zero attached hydrogens (tertiary/aromatic N) is 2. The summed E-state index contributed by atoms with van der Waals surface area (Å²) in [4.78, 5) is 58.3. The van der Waals surface area contributed by atoms with Crippen molar-refractivity contribution in [1.82, 2.24) is 26.1 Å². The van der Waals surface area contributed by atoms with Crippen molar-refractivity contribution < 1.29 is 28.7 Å². The van der Waals surface area contributed by atoms with Crippen LogP contribution >= 0.6 is 0 Å². The van der Waals surface area contributed by atoms with Gasteiger partial charge in [0.15, 0.2) is 0 Å². The molecular weight excluding hydrogens is 550 g/mol. The predicted octanol–water partition coefficient (Wildman–Crippen LogP) is 3.05. The van der Waals surface area contributed by atoms with Gasteiger partial charge in [0.1, 0.15) is 24.2 Å². The van der Waals surface area contributed by atoms with E-state index in [1.165, 1.54) is 5.01 Å². The average Bonchev–Trinajstić information content (AvgIpc) is 2.99. The number of carbonyl (C=O) groups is 4. The van der Waals surface area contributed by atoms with Crippen molar-refractivity contribution in [2.45, 2.75) is 78.1 Å². The van der Waals surface area contributed by atoms with Crippen LogP contribution in [0.4, 0.5) is 0 Å². The molecule has 5 atom stereocenters. The van der Waals surface area contributed by atoms with Crippen molar-refractivity contribution in [2.75, 3.05) is 20.3 Å². The number of benzene rings is 1. The molecule has 3 heterocycles. The van der Waals surface area contributed by atoms with Crippen LogP contribution in [0.1, 0.15) is 71.2 Å². The minimum absolute atomic E-state index is 0.251. The number of hydrogen-bond acceptors (Lipinski definition) is 8. The first-order chi connectivity index (χ1) is 20.4. The van der Waals surface area contributed by atoms with Gasteiger partial charge in [-0.15, -0.1) is 0 Å². The normalized spacial score (nSPS) is 28.4. The summed E-state index contributed by atoms with van der Waals surface area (Å²) >= 11 is 0. The van der Waals surface area contributed by atoms with Crippen LogP contribution < -0.4 is 16.1 Å². The lowest BCUT2D eigenvalue weighted by Gasteiger charge is -2.35. The zero-order chi connectivity index (χ0) is 31.3. The van der Waals surface area contributed by atoms with Crippen LogP contribution in [0.25, 0.3) is 17.0 Å². The van der Waals surface area contributed by atoms with Gasteiger partial charge >= 0.3 is 5.97 Å². The van der Waals surface area contributed by atoms with Gasteiger partial charge in [0.05, 0.1) is 16.6 Å². The summed E-state index contributed by atoms with van der Waals surface area (Å²) < 4.78 is 11.1. The van der Waals surface area contributed by atoms with E-state index in [2.05, 4.69) is 16.1 Å². The molecule has 1 fully saturated rings. The number of rotatable bonds is 4. The molecule has 1 saturated heterocycles. The van der Waals surface area contributed by atoms with Gasteiger partial charge in [-0.3, -0.25) is 24.2 Å². The first-order valence-corrected chi connectivity index (χ1v) is 14.9. The minimum Gasteiger partial charge on any atom is -0.455 e. The van der Waals surface area contributed by atoms with E-state index in [1.807, 2.05) is 56.3 Å². The molecule has 0 radical (unpaired) electrons. The minimum atomic E-state index is -0.997. The molecule has 3 amide bonds. The molecule has 2 aliphatic rings. The summed E-state index contributed by atoms with van der Waals surface area (Å²) in [5, 5.41) is 7.96. The fraction of sp³-hybridized carbons (Fsp3) is 0.531. The number of hydrogen-bond donors (Lipinski definition) is 3. The second kappa shape index (κ2) is 13.6. The Labute approximate surface area is 252 Å². The lowest BCUT2D eigenvalue weighted by atomic mass is 9.84. The highest BCUT2D eigenvalue weighted by Gasteiger charge is 2.37. The third kappa shape index (κ3) is 7.58. The lowest BCUT2D eigenvalue weighted by molar-refractivity contribution is -0.157. The number of nitrogens with one attached hydrogen (secondary N) is 3. The van der Waals surface area contributed by atoms with Gasteiger partial charge in [0.25, 0.3) is 5.91 Å². The number of cyclic esters (lactones) is 1. The quantitative estimate of drug-likeness (QED) is 0.460. The highest BCUT2D eigenvalue weighted by atomic mass is 16.5.